The van der Waals surface area contributed by atoms with E-state index in [0.717, 1.165) is 19.4 Å². The normalized spacial score (nSPS) is 19.0. The molecule has 21 heavy (non-hydrogen) atoms. The number of halogens is 1. The highest BCUT2D eigenvalue weighted by atomic mass is 19.1. The highest BCUT2D eigenvalue weighted by Crippen LogP contribution is 2.12. The van der Waals surface area contributed by atoms with Gasteiger partial charge in [-0.15, -0.1) is 0 Å². The molecule has 0 aromatic heterocycles. The fourth-order valence-electron chi connectivity index (χ4n) is 2.57. The van der Waals surface area contributed by atoms with Gasteiger partial charge in [-0.1, -0.05) is 6.07 Å². The third-order valence-electron chi connectivity index (χ3n) is 3.39. The second kappa shape index (κ2) is 7.17. The summed E-state index contributed by atoms with van der Waals surface area (Å²) in [6, 6.07) is 5.92. The molecule has 1 aromatic rings. The van der Waals surface area contributed by atoms with E-state index in [0.29, 0.717) is 12.2 Å². The van der Waals surface area contributed by atoms with E-state index in [-0.39, 0.29) is 30.2 Å². The molecular weight excluding hydrogens is 273 g/mol. The summed E-state index contributed by atoms with van der Waals surface area (Å²) in [5.41, 5.74) is 0.454. The second-order valence-corrected chi connectivity index (χ2v) is 5.33. The van der Waals surface area contributed by atoms with Crippen molar-refractivity contribution in [3.05, 3.63) is 30.1 Å². The molecule has 5 nitrogen and oxygen atoms in total. The van der Waals surface area contributed by atoms with Gasteiger partial charge in [0.15, 0.2) is 0 Å². The standard InChI is InChI=1S/C15H20FN3O2/c1-11(20)17-14-6-3-7-19(9-14)10-15(21)18-13-5-2-4-12(16)8-13/h2,4-5,8,14H,3,6-7,9-10H2,1H3,(H,17,20)(H,18,21). The Morgan fingerprint density at radius 1 is 1.43 bits per heavy atom. The Kier molecular flexibility index (Phi) is 5.27. The van der Waals surface area contributed by atoms with E-state index >= 15 is 0 Å². The van der Waals surface area contributed by atoms with Gasteiger partial charge in [0.1, 0.15) is 5.82 Å². The number of hydrogen-bond donors (Lipinski definition) is 2. The monoisotopic (exact) mass is 293 g/mol. The average Bonchev–Trinajstić information content (AvgIpc) is 2.37. The van der Waals surface area contributed by atoms with Crippen molar-refractivity contribution in [1.82, 2.24) is 10.2 Å². The molecule has 0 spiro atoms. The van der Waals surface area contributed by atoms with Crippen molar-refractivity contribution in [2.45, 2.75) is 25.8 Å². The second-order valence-electron chi connectivity index (χ2n) is 5.33. The Bertz CT molecular complexity index is 521. The van der Waals surface area contributed by atoms with Gasteiger partial charge in [0.25, 0.3) is 0 Å². The molecule has 1 aliphatic heterocycles. The molecule has 114 valence electrons. The van der Waals surface area contributed by atoms with Gasteiger partial charge < -0.3 is 10.6 Å². The van der Waals surface area contributed by atoms with Crippen molar-refractivity contribution < 1.29 is 14.0 Å². The number of piperidine rings is 1. The predicted molar refractivity (Wildman–Crippen MR) is 78.3 cm³/mol. The summed E-state index contributed by atoms with van der Waals surface area (Å²) in [7, 11) is 0. The van der Waals surface area contributed by atoms with Crippen LogP contribution in [0.1, 0.15) is 19.8 Å². The van der Waals surface area contributed by atoms with Crippen molar-refractivity contribution in [2.75, 3.05) is 25.0 Å². The van der Waals surface area contributed by atoms with Crippen molar-refractivity contribution in [3.8, 4) is 0 Å². The molecule has 1 saturated heterocycles. The van der Waals surface area contributed by atoms with Crippen LogP contribution in [0.4, 0.5) is 10.1 Å². The summed E-state index contributed by atoms with van der Waals surface area (Å²) < 4.78 is 13.0. The maximum absolute atomic E-state index is 13.0. The van der Waals surface area contributed by atoms with Crippen LogP contribution < -0.4 is 10.6 Å². The van der Waals surface area contributed by atoms with E-state index in [4.69, 9.17) is 0 Å². The number of amides is 2. The van der Waals surface area contributed by atoms with Gasteiger partial charge in [0.05, 0.1) is 6.54 Å². The third-order valence-corrected chi connectivity index (χ3v) is 3.39. The van der Waals surface area contributed by atoms with Crippen molar-refractivity contribution in [3.63, 3.8) is 0 Å². The molecule has 2 rings (SSSR count). The topological polar surface area (TPSA) is 61.4 Å². The van der Waals surface area contributed by atoms with E-state index in [9.17, 15) is 14.0 Å². The van der Waals surface area contributed by atoms with Crippen LogP contribution in [0.25, 0.3) is 0 Å². The minimum atomic E-state index is -0.378. The van der Waals surface area contributed by atoms with Gasteiger partial charge in [-0.2, -0.15) is 0 Å². The number of nitrogens with one attached hydrogen (secondary N) is 2. The zero-order valence-corrected chi connectivity index (χ0v) is 12.1. The van der Waals surface area contributed by atoms with E-state index in [1.807, 2.05) is 4.90 Å². The lowest BCUT2D eigenvalue weighted by Gasteiger charge is -2.32. The van der Waals surface area contributed by atoms with Gasteiger partial charge in [-0.3, -0.25) is 14.5 Å². The molecule has 1 atom stereocenters. The summed E-state index contributed by atoms with van der Waals surface area (Å²) in [5, 5.41) is 5.56. The van der Waals surface area contributed by atoms with Gasteiger partial charge in [-0.25, -0.2) is 4.39 Å². The summed E-state index contributed by atoms with van der Waals surface area (Å²) in [6.45, 7) is 3.23. The van der Waals surface area contributed by atoms with Crippen molar-refractivity contribution >= 4 is 17.5 Å². The number of nitrogens with zero attached hydrogens (tertiary/aromatic N) is 1. The lowest BCUT2D eigenvalue weighted by Crippen LogP contribution is -2.49. The van der Waals surface area contributed by atoms with E-state index < -0.39 is 0 Å². The van der Waals surface area contributed by atoms with Crippen LogP contribution in [0.15, 0.2) is 24.3 Å². The highest BCUT2D eigenvalue weighted by Gasteiger charge is 2.22. The number of anilines is 1. The van der Waals surface area contributed by atoms with Crippen LogP contribution in [-0.2, 0) is 9.59 Å². The van der Waals surface area contributed by atoms with Crippen LogP contribution in [0.2, 0.25) is 0 Å². The Hall–Kier alpha value is -1.95. The van der Waals surface area contributed by atoms with Gasteiger partial charge in [-0.05, 0) is 37.6 Å². The van der Waals surface area contributed by atoms with Crippen molar-refractivity contribution in [1.29, 1.82) is 0 Å². The van der Waals surface area contributed by atoms with Crippen LogP contribution in [0.5, 0.6) is 0 Å². The van der Waals surface area contributed by atoms with Gasteiger partial charge in [0, 0.05) is 25.2 Å². The maximum atomic E-state index is 13.0. The number of likely N-dealkylation sites (tertiary alicyclic amines) is 1. The van der Waals surface area contributed by atoms with E-state index in [2.05, 4.69) is 10.6 Å². The highest BCUT2D eigenvalue weighted by molar-refractivity contribution is 5.92. The molecule has 1 fully saturated rings. The molecular formula is C15H20FN3O2. The number of carbonyl (C=O) groups is 2. The summed E-state index contributed by atoms with van der Waals surface area (Å²) >= 11 is 0. The van der Waals surface area contributed by atoms with Crippen LogP contribution in [0.3, 0.4) is 0 Å². The molecule has 1 aliphatic rings. The van der Waals surface area contributed by atoms with Crippen molar-refractivity contribution in [2.24, 2.45) is 0 Å². The molecule has 1 heterocycles. The van der Waals surface area contributed by atoms with Gasteiger partial charge >= 0.3 is 0 Å². The molecule has 1 aromatic carbocycles. The first kappa shape index (κ1) is 15.4. The minimum absolute atomic E-state index is 0.0499. The van der Waals surface area contributed by atoms with Crippen LogP contribution >= 0.6 is 0 Å². The summed E-state index contributed by atoms with van der Waals surface area (Å²) in [6.07, 6.45) is 1.87. The maximum Gasteiger partial charge on any atom is 0.238 e. The average molecular weight is 293 g/mol. The molecule has 0 saturated carbocycles. The number of carbonyl (C=O) groups excluding carboxylic acids is 2. The van der Waals surface area contributed by atoms with Gasteiger partial charge in [0.2, 0.25) is 11.8 Å². The Morgan fingerprint density at radius 3 is 2.95 bits per heavy atom. The Labute approximate surface area is 123 Å². The fourth-order valence-corrected chi connectivity index (χ4v) is 2.57. The van der Waals surface area contributed by atoms with Crippen LogP contribution in [-0.4, -0.2) is 42.4 Å². The zero-order chi connectivity index (χ0) is 15.2. The third kappa shape index (κ3) is 5.15. The smallest absolute Gasteiger partial charge is 0.238 e. The molecule has 1 unspecified atom stereocenters. The molecule has 0 radical (unpaired) electrons. The van der Waals surface area contributed by atoms with Crippen LogP contribution in [0, 0.1) is 5.82 Å². The molecule has 2 N–H and O–H groups in total. The summed E-state index contributed by atoms with van der Waals surface area (Å²) in [4.78, 5) is 25.0. The molecule has 0 aliphatic carbocycles. The fraction of sp³-hybridized carbons (Fsp3) is 0.467. The SMILES string of the molecule is CC(=O)NC1CCCN(CC(=O)Nc2cccc(F)c2)C1. The van der Waals surface area contributed by atoms with E-state index in [1.165, 1.54) is 19.1 Å². The summed E-state index contributed by atoms with van der Waals surface area (Å²) in [5.74, 6) is -0.605. The first-order valence-corrected chi connectivity index (χ1v) is 7.08. The number of hydrogen-bond acceptors (Lipinski definition) is 3. The number of rotatable bonds is 4. The first-order chi connectivity index (χ1) is 10.0. The lowest BCUT2D eigenvalue weighted by atomic mass is 10.1. The Morgan fingerprint density at radius 2 is 2.24 bits per heavy atom. The molecule has 6 heteroatoms. The quantitative estimate of drug-likeness (QED) is 0.881. The Balaban J connectivity index is 1.83. The zero-order valence-electron chi connectivity index (χ0n) is 12.1. The first-order valence-electron chi connectivity index (χ1n) is 7.08. The molecule has 0 bridgehead atoms. The minimum Gasteiger partial charge on any atom is -0.352 e. The molecule has 2 amide bonds. The predicted octanol–water partition coefficient (Wildman–Crippen LogP) is 1.36. The lowest BCUT2D eigenvalue weighted by molar-refractivity contribution is -0.120. The number of benzene rings is 1. The largest absolute Gasteiger partial charge is 0.352 e. The van der Waals surface area contributed by atoms with E-state index in [1.54, 1.807) is 12.1 Å².